The van der Waals surface area contributed by atoms with Crippen molar-refractivity contribution in [2.45, 2.75) is 6.42 Å². The fraction of sp³-hybridized carbons (Fsp3) is 0.143. The maximum Gasteiger partial charge on any atom is 0.224 e. The van der Waals surface area contributed by atoms with Crippen LogP contribution < -0.4 is 5.32 Å². The summed E-state index contributed by atoms with van der Waals surface area (Å²) in [5, 5.41) is 4.48. The van der Waals surface area contributed by atoms with Gasteiger partial charge in [-0.1, -0.05) is 36.4 Å². The van der Waals surface area contributed by atoms with Crippen LogP contribution in [0, 0.1) is 0 Å². The zero-order valence-electron chi connectivity index (χ0n) is 9.76. The largest absolute Gasteiger partial charge is 0.348 e. The summed E-state index contributed by atoms with van der Waals surface area (Å²) >= 11 is 1.39. The lowest BCUT2D eigenvalue weighted by Gasteiger charge is -2.03. The molecule has 0 fully saturated rings. The summed E-state index contributed by atoms with van der Waals surface area (Å²) in [4.78, 5) is 24.0. The molecule has 0 atom stereocenters. The van der Waals surface area contributed by atoms with Crippen LogP contribution in [0.25, 0.3) is 0 Å². The molecule has 92 valence electrons. The van der Waals surface area contributed by atoms with E-state index in [-0.39, 0.29) is 18.2 Å². The predicted molar refractivity (Wildman–Crippen MR) is 71.8 cm³/mol. The Kier molecular flexibility index (Phi) is 4.25. The lowest BCUT2D eigenvalue weighted by atomic mass is 10.1. The van der Waals surface area contributed by atoms with Gasteiger partial charge in [0.2, 0.25) is 5.91 Å². The van der Waals surface area contributed by atoms with Crippen molar-refractivity contribution in [3.63, 3.8) is 0 Å². The van der Waals surface area contributed by atoms with Gasteiger partial charge in [-0.15, -0.1) is 11.3 Å². The molecule has 0 aliphatic rings. The lowest BCUT2D eigenvalue weighted by Crippen LogP contribution is -2.30. The first-order chi connectivity index (χ1) is 8.75. The van der Waals surface area contributed by atoms with Crippen LogP contribution in [0.3, 0.4) is 0 Å². The van der Waals surface area contributed by atoms with E-state index in [4.69, 9.17) is 0 Å². The molecule has 0 bridgehead atoms. The van der Waals surface area contributed by atoms with Crippen molar-refractivity contribution in [2.24, 2.45) is 0 Å². The number of ketones is 1. The number of amides is 1. The third kappa shape index (κ3) is 3.53. The number of nitrogens with one attached hydrogen (secondary N) is 1. The number of carbonyl (C=O) groups is 2. The first-order valence-corrected chi connectivity index (χ1v) is 6.51. The zero-order chi connectivity index (χ0) is 12.8. The number of thiophene rings is 1. The van der Waals surface area contributed by atoms with Gasteiger partial charge in [0.25, 0.3) is 0 Å². The Morgan fingerprint density at radius 3 is 2.50 bits per heavy atom. The van der Waals surface area contributed by atoms with Crippen molar-refractivity contribution >= 4 is 23.0 Å². The molecule has 0 aliphatic carbocycles. The Morgan fingerprint density at radius 2 is 1.83 bits per heavy atom. The molecule has 1 heterocycles. The molecule has 4 heteroatoms. The van der Waals surface area contributed by atoms with Crippen LogP contribution in [0.2, 0.25) is 0 Å². The number of carbonyl (C=O) groups excluding carboxylic acids is 2. The highest BCUT2D eigenvalue weighted by Gasteiger charge is 2.09. The summed E-state index contributed by atoms with van der Waals surface area (Å²) in [7, 11) is 0. The van der Waals surface area contributed by atoms with Crippen molar-refractivity contribution in [1.82, 2.24) is 5.32 Å². The van der Waals surface area contributed by atoms with Crippen molar-refractivity contribution in [3.05, 3.63) is 58.3 Å². The normalized spacial score (nSPS) is 10.0. The third-order valence-electron chi connectivity index (χ3n) is 2.45. The number of hydrogen-bond acceptors (Lipinski definition) is 3. The number of rotatable bonds is 5. The van der Waals surface area contributed by atoms with Crippen LogP contribution >= 0.6 is 11.3 Å². The molecule has 18 heavy (non-hydrogen) atoms. The monoisotopic (exact) mass is 259 g/mol. The molecular weight excluding hydrogens is 246 g/mol. The van der Waals surface area contributed by atoms with Gasteiger partial charge < -0.3 is 5.32 Å². The van der Waals surface area contributed by atoms with Gasteiger partial charge in [-0.2, -0.15) is 0 Å². The summed E-state index contributed by atoms with van der Waals surface area (Å²) in [6, 6.07) is 13.0. The van der Waals surface area contributed by atoms with Crippen molar-refractivity contribution in [3.8, 4) is 0 Å². The zero-order valence-corrected chi connectivity index (χ0v) is 10.6. The molecule has 0 saturated carbocycles. The first kappa shape index (κ1) is 12.5. The molecule has 0 spiro atoms. The average Bonchev–Trinajstić information content (AvgIpc) is 2.91. The van der Waals surface area contributed by atoms with Crippen LogP contribution in [-0.4, -0.2) is 18.2 Å². The van der Waals surface area contributed by atoms with Crippen LogP contribution in [0.1, 0.15) is 15.2 Å². The smallest absolute Gasteiger partial charge is 0.224 e. The standard InChI is InChI=1S/C14H13NO2S/c16-12(13-7-4-8-18-13)10-15-14(17)9-11-5-2-1-3-6-11/h1-8H,9-10H2,(H,15,17). The van der Waals surface area contributed by atoms with Gasteiger partial charge in [-0.3, -0.25) is 9.59 Å². The van der Waals surface area contributed by atoms with E-state index in [9.17, 15) is 9.59 Å². The number of Topliss-reactive ketones (excluding diaryl/α,β-unsaturated/α-hetero) is 1. The Labute approximate surface area is 109 Å². The van der Waals surface area contributed by atoms with Crippen molar-refractivity contribution < 1.29 is 9.59 Å². The Morgan fingerprint density at radius 1 is 1.06 bits per heavy atom. The minimum Gasteiger partial charge on any atom is -0.348 e. The predicted octanol–water partition coefficient (Wildman–Crippen LogP) is 2.29. The fourth-order valence-corrected chi connectivity index (χ4v) is 2.21. The maximum atomic E-state index is 11.7. The van der Waals surface area contributed by atoms with Gasteiger partial charge in [0, 0.05) is 0 Å². The summed E-state index contributed by atoms with van der Waals surface area (Å²) in [5.74, 6) is -0.183. The van der Waals surface area contributed by atoms with Crippen LogP contribution in [0.15, 0.2) is 47.8 Å². The highest BCUT2D eigenvalue weighted by atomic mass is 32.1. The van der Waals surface area contributed by atoms with Crippen LogP contribution in [0.4, 0.5) is 0 Å². The van der Waals surface area contributed by atoms with Gasteiger partial charge in [0.05, 0.1) is 17.8 Å². The Balaban J connectivity index is 1.80. The lowest BCUT2D eigenvalue weighted by molar-refractivity contribution is -0.120. The molecule has 1 amide bonds. The minimum atomic E-state index is -0.133. The van der Waals surface area contributed by atoms with Gasteiger partial charge in [0.1, 0.15) is 0 Å². The van der Waals surface area contributed by atoms with Crippen LogP contribution in [-0.2, 0) is 11.2 Å². The van der Waals surface area contributed by atoms with Gasteiger partial charge in [-0.25, -0.2) is 0 Å². The topological polar surface area (TPSA) is 46.2 Å². The number of hydrogen-bond donors (Lipinski definition) is 1. The summed E-state index contributed by atoms with van der Waals surface area (Å²) in [6.07, 6.45) is 0.304. The van der Waals surface area contributed by atoms with Gasteiger partial charge in [-0.05, 0) is 17.0 Å². The summed E-state index contributed by atoms with van der Waals surface area (Å²) in [6.45, 7) is 0.0617. The van der Waals surface area contributed by atoms with E-state index >= 15 is 0 Å². The molecule has 0 saturated heterocycles. The summed E-state index contributed by atoms with van der Waals surface area (Å²) < 4.78 is 0. The van der Waals surface area contributed by atoms with Crippen LogP contribution in [0.5, 0.6) is 0 Å². The van der Waals surface area contributed by atoms with E-state index in [1.54, 1.807) is 6.07 Å². The molecule has 1 aromatic carbocycles. The molecule has 3 nitrogen and oxygen atoms in total. The molecular formula is C14H13NO2S. The quantitative estimate of drug-likeness (QED) is 0.837. The second-order valence-corrected chi connectivity index (χ2v) is 4.79. The molecule has 0 aliphatic heterocycles. The molecule has 1 N–H and O–H groups in total. The van der Waals surface area contributed by atoms with E-state index in [1.165, 1.54) is 11.3 Å². The van der Waals surface area contributed by atoms with Gasteiger partial charge in [0.15, 0.2) is 5.78 Å². The highest BCUT2D eigenvalue weighted by Crippen LogP contribution is 2.08. The second-order valence-electron chi connectivity index (χ2n) is 3.84. The van der Waals surface area contributed by atoms with E-state index in [0.29, 0.717) is 11.3 Å². The number of benzene rings is 1. The highest BCUT2D eigenvalue weighted by molar-refractivity contribution is 7.12. The molecule has 2 aromatic rings. The Hall–Kier alpha value is -1.94. The minimum absolute atomic E-state index is 0.0496. The molecule has 1 aromatic heterocycles. The average molecular weight is 259 g/mol. The second kappa shape index (κ2) is 6.12. The van der Waals surface area contributed by atoms with E-state index < -0.39 is 0 Å². The van der Waals surface area contributed by atoms with E-state index in [0.717, 1.165) is 5.56 Å². The third-order valence-corrected chi connectivity index (χ3v) is 3.36. The van der Waals surface area contributed by atoms with Crippen molar-refractivity contribution in [1.29, 1.82) is 0 Å². The van der Waals surface area contributed by atoms with Gasteiger partial charge >= 0.3 is 0 Å². The molecule has 0 unspecified atom stereocenters. The summed E-state index contributed by atoms with van der Waals surface area (Å²) in [5.41, 5.74) is 0.943. The van der Waals surface area contributed by atoms with Crippen molar-refractivity contribution in [2.75, 3.05) is 6.54 Å². The van der Waals surface area contributed by atoms with E-state index in [2.05, 4.69) is 5.32 Å². The first-order valence-electron chi connectivity index (χ1n) is 5.63. The SMILES string of the molecule is O=C(Cc1ccccc1)NCC(=O)c1cccs1. The van der Waals surface area contributed by atoms with E-state index in [1.807, 2.05) is 41.8 Å². The Bertz CT molecular complexity index is 520. The molecule has 2 rings (SSSR count). The fourth-order valence-electron chi connectivity index (χ4n) is 1.55. The molecule has 0 radical (unpaired) electrons. The maximum absolute atomic E-state index is 11.7.